The number of nitrogens with one attached hydrogen (secondary N) is 3. The number of carbonyl (C=O) groups is 1. The van der Waals surface area contributed by atoms with Crippen molar-refractivity contribution in [2.45, 2.75) is 31.5 Å². The van der Waals surface area contributed by atoms with Crippen molar-refractivity contribution >= 4 is 31.3 Å². The summed E-state index contributed by atoms with van der Waals surface area (Å²) in [5.41, 5.74) is 10.4. The first-order valence-corrected chi connectivity index (χ1v) is 9.08. The van der Waals surface area contributed by atoms with Gasteiger partial charge in [-0.1, -0.05) is 6.08 Å². The molecule has 0 saturated carbocycles. The van der Waals surface area contributed by atoms with Crippen LogP contribution in [0.5, 0.6) is 0 Å². The second-order valence-electron chi connectivity index (χ2n) is 6.83. The van der Waals surface area contributed by atoms with Crippen molar-refractivity contribution in [2.75, 3.05) is 29.9 Å². The van der Waals surface area contributed by atoms with Gasteiger partial charge >= 0.3 is 6.03 Å². The fourth-order valence-corrected chi connectivity index (χ4v) is 3.91. The Hall–Kier alpha value is -2.32. The minimum Gasteiger partial charge on any atom is -0.372 e. The van der Waals surface area contributed by atoms with Crippen molar-refractivity contribution in [1.29, 1.82) is 0 Å². The van der Waals surface area contributed by atoms with Crippen LogP contribution in [0.1, 0.15) is 24.1 Å². The molecule has 0 bridgehead atoms. The number of nitrogens with zero attached hydrogens (tertiary/aromatic N) is 2. The van der Waals surface area contributed by atoms with E-state index in [1.807, 2.05) is 23.2 Å². The molecule has 1 aromatic rings. The van der Waals surface area contributed by atoms with Gasteiger partial charge in [-0.3, -0.25) is 9.88 Å². The van der Waals surface area contributed by atoms with Gasteiger partial charge in [-0.15, -0.1) is 5.98 Å². The summed E-state index contributed by atoms with van der Waals surface area (Å²) in [6, 6.07) is 0.0387. The summed E-state index contributed by atoms with van der Waals surface area (Å²) in [5.74, 6) is 1.55. The van der Waals surface area contributed by atoms with E-state index in [0.29, 0.717) is 13.1 Å². The molecule has 0 aliphatic carbocycles. The number of carbonyl (C=O) groups excluding carboxylic acids is 1. The predicted molar refractivity (Wildman–Crippen MR) is 104 cm³/mol. The molecule has 4 heterocycles. The molecule has 5 N–H and O–H groups in total. The number of anilines is 2. The largest absolute Gasteiger partial charge is 0.372 e. The smallest absolute Gasteiger partial charge is 0.322 e. The van der Waals surface area contributed by atoms with E-state index in [1.54, 1.807) is 5.98 Å². The number of hydrogen-bond acceptors (Lipinski definition) is 5. The minimum atomic E-state index is -0.0920. The van der Waals surface area contributed by atoms with Crippen LogP contribution < -0.4 is 26.6 Å². The summed E-state index contributed by atoms with van der Waals surface area (Å²) in [4.78, 5) is 19.2. The Morgan fingerprint density at radius 3 is 2.96 bits per heavy atom. The van der Waals surface area contributed by atoms with Gasteiger partial charge in [-0.2, -0.15) is 0 Å². The Kier molecular flexibility index (Phi) is 4.69. The molecule has 1 saturated heterocycles. The van der Waals surface area contributed by atoms with Crippen molar-refractivity contribution in [2.24, 2.45) is 5.73 Å². The highest BCUT2D eigenvalue weighted by atomic mass is 16.2. The lowest BCUT2D eigenvalue weighted by atomic mass is 9.94. The van der Waals surface area contributed by atoms with Crippen LogP contribution in [0, 0.1) is 0 Å². The van der Waals surface area contributed by atoms with Gasteiger partial charge in [0.1, 0.15) is 7.85 Å². The summed E-state index contributed by atoms with van der Waals surface area (Å²) in [6.45, 7) is 2.69. The summed E-state index contributed by atoms with van der Waals surface area (Å²) in [7, 11) is 5.73. The average molecular weight is 350 g/mol. The first kappa shape index (κ1) is 17.1. The first-order chi connectivity index (χ1) is 12.7. The van der Waals surface area contributed by atoms with Crippen LogP contribution in [0.2, 0.25) is 0 Å². The molecule has 2 amide bonds. The summed E-state index contributed by atoms with van der Waals surface area (Å²) < 4.78 is 0. The van der Waals surface area contributed by atoms with E-state index in [2.05, 4.69) is 20.9 Å². The summed E-state index contributed by atoms with van der Waals surface area (Å²) in [5, 5.41) is 9.84. The molecule has 7 nitrogen and oxygen atoms in total. The van der Waals surface area contributed by atoms with Crippen LogP contribution in [-0.2, 0) is 6.54 Å². The molecule has 1 fully saturated rings. The molecule has 0 spiro atoms. The molecule has 26 heavy (non-hydrogen) atoms. The number of fused-ring (bicyclic) bond motifs is 3. The van der Waals surface area contributed by atoms with E-state index in [9.17, 15) is 4.79 Å². The Balaban J connectivity index is 1.77. The molecule has 2 radical (unpaired) electrons. The lowest BCUT2D eigenvalue weighted by Gasteiger charge is -2.40. The number of hydrogen-bond donors (Lipinski definition) is 4. The molecule has 3 aliphatic rings. The number of aromatic nitrogens is 1. The third kappa shape index (κ3) is 2.89. The zero-order valence-electron chi connectivity index (χ0n) is 14.7. The van der Waals surface area contributed by atoms with E-state index in [-0.39, 0.29) is 18.1 Å². The van der Waals surface area contributed by atoms with Gasteiger partial charge in [0.05, 0.1) is 23.1 Å². The van der Waals surface area contributed by atoms with E-state index in [0.717, 1.165) is 54.1 Å². The van der Waals surface area contributed by atoms with Crippen LogP contribution in [0.15, 0.2) is 23.8 Å². The molecular weight excluding hydrogens is 327 g/mol. The van der Waals surface area contributed by atoms with Crippen LogP contribution in [0.25, 0.3) is 6.08 Å². The zero-order chi connectivity index (χ0) is 18.1. The quantitative estimate of drug-likeness (QED) is 0.602. The molecule has 3 aliphatic heterocycles. The fraction of sp³-hybridized carbons (Fsp3) is 0.444. The third-order valence-corrected chi connectivity index (χ3v) is 5.32. The Labute approximate surface area is 154 Å². The fourth-order valence-electron chi connectivity index (χ4n) is 3.91. The highest BCUT2D eigenvalue weighted by Crippen LogP contribution is 2.40. The lowest BCUT2D eigenvalue weighted by molar-refractivity contribution is 0.240. The Morgan fingerprint density at radius 1 is 1.42 bits per heavy atom. The van der Waals surface area contributed by atoms with Crippen molar-refractivity contribution in [3.05, 3.63) is 35.1 Å². The van der Waals surface area contributed by atoms with Gasteiger partial charge in [0.15, 0.2) is 0 Å². The van der Waals surface area contributed by atoms with E-state index >= 15 is 0 Å². The average Bonchev–Trinajstić information content (AvgIpc) is 2.69. The van der Waals surface area contributed by atoms with Crippen LogP contribution in [0.3, 0.4) is 0 Å². The van der Waals surface area contributed by atoms with Gasteiger partial charge in [-0.25, -0.2) is 4.79 Å². The maximum Gasteiger partial charge on any atom is 0.322 e. The normalized spacial score (nSPS) is 23.1. The van der Waals surface area contributed by atoms with Gasteiger partial charge in [-0.05, 0) is 37.6 Å². The number of amides is 2. The molecule has 1 unspecified atom stereocenters. The standard InChI is InChI=1S/C18H23BN6O/c19-7-11(8-20)14-1-2-15-16(24-14)17-12(9-22-15)10-23-18(26)25(17)13-3-5-21-6-4-13/h1-2,7,9,13-14,21,24H,3-6,8,10,20H2,(H,23,26)/b11-7+. The predicted octanol–water partition coefficient (Wildman–Crippen LogP) is 0.682. The topological polar surface area (TPSA) is 95.3 Å². The maximum atomic E-state index is 12.7. The van der Waals surface area contributed by atoms with Gasteiger partial charge in [0.2, 0.25) is 0 Å². The number of rotatable bonds is 3. The molecule has 1 aromatic heterocycles. The zero-order valence-corrected chi connectivity index (χ0v) is 14.7. The SMILES string of the molecule is [B]/C=C(\CN)C1C=Cc2ncc3c(c2N1)N(C1CCNCC1)C(=O)NC3. The van der Waals surface area contributed by atoms with Gasteiger partial charge in [0, 0.05) is 30.9 Å². The van der Waals surface area contributed by atoms with Crippen molar-refractivity contribution < 1.29 is 4.79 Å². The summed E-state index contributed by atoms with van der Waals surface area (Å²) >= 11 is 0. The van der Waals surface area contributed by atoms with Crippen LogP contribution in [0.4, 0.5) is 16.2 Å². The first-order valence-electron chi connectivity index (χ1n) is 9.08. The summed E-state index contributed by atoms with van der Waals surface area (Å²) in [6.07, 6.45) is 7.70. The Morgan fingerprint density at radius 2 is 2.23 bits per heavy atom. The Bertz CT molecular complexity index is 771. The number of pyridine rings is 1. The maximum absolute atomic E-state index is 12.7. The number of nitrogens with two attached hydrogens (primary N) is 1. The molecule has 8 heteroatoms. The van der Waals surface area contributed by atoms with Gasteiger partial charge < -0.3 is 21.7 Å². The number of piperidine rings is 1. The monoisotopic (exact) mass is 350 g/mol. The third-order valence-electron chi connectivity index (χ3n) is 5.32. The molecule has 0 aromatic carbocycles. The van der Waals surface area contributed by atoms with Gasteiger partial charge in [0.25, 0.3) is 0 Å². The van der Waals surface area contributed by atoms with Crippen molar-refractivity contribution in [1.82, 2.24) is 15.6 Å². The van der Waals surface area contributed by atoms with Crippen LogP contribution in [-0.4, -0.2) is 50.6 Å². The molecule has 4 rings (SSSR count). The second-order valence-corrected chi connectivity index (χ2v) is 6.83. The van der Waals surface area contributed by atoms with E-state index < -0.39 is 0 Å². The highest BCUT2D eigenvalue weighted by Gasteiger charge is 2.35. The number of urea groups is 1. The second kappa shape index (κ2) is 7.13. The molecule has 134 valence electrons. The van der Waals surface area contributed by atoms with Crippen molar-refractivity contribution in [3.8, 4) is 0 Å². The molecular formula is C18H23BN6O. The molecule has 1 atom stereocenters. The van der Waals surface area contributed by atoms with E-state index in [1.165, 1.54) is 0 Å². The highest BCUT2D eigenvalue weighted by molar-refractivity contribution is 6.17. The minimum absolute atomic E-state index is 0.0425. The van der Waals surface area contributed by atoms with Crippen LogP contribution >= 0.6 is 0 Å². The van der Waals surface area contributed by atoms with E-state index in [4.69, 9.17) is 13.6 Å². The van der Waals surface area contributed by atoms with Crippen molar-refractivity contribution in [3.63, 3.8) is 0 Å². The lowest BCUT2D eigenvalue weighted by Crippen LogP contribution is -2.53.